The van der Waals surface area contributed by atoms with Gasteiger partial charge in [0, 0.05) is 58.3 Å². The van der Waals surface area contributed by atoms with E-state index in [-0.39, 0.29) is 11.9 Å². The average molecular weight is 692 g/mol. The van der Waals surface area contributed by atoms with Crippen molar-refractivity contribution in [3.63, 3.8) is 0 Å². The number of piperidine rings is 1. The van der Waals surface area contributed by atoms with Gasteiger partial charge in [-0.2, -0.15) is 0 Å². The van der Waals surface area contributed by atoms with Crippen molar-refractivity contribution in [2.75, 3.05) is 58.3 Å². The van der Waals surface area contributed by atoms with E-state index in [4.69, 9.17) is 9.40 Å². The Morgan fingerprint density at radius 3 is 2.02 bits per heavy atom. The second-order valence-electron chi connectivity index (χ2n) is 15.9. The Labute approximate surface area is 305 Å². The molecule has 7 heteroatoms. The van der Waals surface area contributed by atoms with Gasteiger partial charge in [-0.15, -0.1) is 0 Å². The van der Waals surface area contributed by atoms with Crippen LogP contribution in [-0.2, 0) is 13.0 Å². The molecule has 2 unspecified atom stereocenters. The summed E-state index contributed by atoms with van der Waals surface area (Å²) in [4.78, 5) is 15.5. The van der Waals surface area contributed by atoms with E-state index in [9.17, 15) is 4.39 Å². The topological polar surface area (TPSA) is 39.0 Å². The highest BCUT2D eigenvalue weighted by molar-refractivity contribution is 5.44. The van der Waals surface area contributed by atoms with Gasteiger partial charge in [-0.05, 0) is 92.8 Å². The third-order valence-electron chi connectivity index (χ3n) is 12.0. The normalized spacial score (nSPS) is 22.3. The summed E-state index contributed by atoms with van der Waals surface area (Å²) in [7, 11) is 4.34. The summed E-state index contributed by atoms with van der Waals surface area (Å²) in [6.45, 7) is 9.58. The van der Waals surface area contributed by atoms with Crippen LogP contribution < -0.4 is 4.90 Å². The first kappa shape index (κ1) is 35.9. The third kappa shape index (κ3) is 9.11. The van der Waals surface area contributed by atoms with Crippen LogP contribution in [0, 0.1) is 23.6 Å². The van der Waals surface area contributed by atoms with Gasteiger partial charge in [-0.25, -0.2) is 9.37 Å². The van der Waals surface area contributed by atoms with Crippen LogP contribution in [0.3, 0.4) is 0 Å². The summed E-state index contributed by atoms with van der Waals surface area (Å²) in [6, 6.07) is 29.3. The molecule has 3 fully saturated rings. The Hall–Kier alpha value is -3.52. The van der Waals surface area contributed by atoms with Crippen molar-refractivity contribution >= 4 is 5.88 Å². The molecule has 3 heterocycles. The number of piperazine rings is 1. The highest BCUT2D eigenvalue weighted by Gasteiger charge is 2.36. The van der Waals surface area contributed by atoms with Crippen LogP contribution >= 0.6 is 0 Å². The van der Waals surface area contributed by atoms with Gasteiger partial charge in [0.1, 0.15) is 11.5 Å². The zero-order chi connectivity index (χ0) is 35.2. The second kappa shape index (κ2) is 16.9. The number of anilines is 1. The van der Waals surface area contributed by atoms with Crippen molar-refractivity contribution in [1.82, 2.24) is 19.7 Å². The molecule has 0 spiro atoms. The van der Waals surface area contributed by atoms with Crippen molar-refractivity contribution in [3.8, 4) is 0 Å². The van der Waals surface area contributed by atoms with Gasteiger partial charge >= 0.3 is 0 Å². The van der Waals surface area contributed by atoms with Gasteiger partial charge in [-0.1, -0.05) is 92.6 Å². The highest BCUT2D eigenvalue weighted by atomic mass is 19.1. The van der Waals surface area contributed by atoms with Crippen LogP contribution in [0.4, 0.5) is 10.3 Å². The maximum atomic E-state index is 13.8. The van der Waals surface area contributed by atoms with E-state index >= 15 is 0 Å². The van der Waals surface area contributed by atoms with E-state index in [1.807, 2.05) is 12.1 Å². The lowest BCUT2D eigenvalue weighted by molar-refractivity contribution is 0.0593. The molecule has 272 valence electrons. The zero-order valence-electron chi connectivity index (χ0n) is 31.1. The predicted octanol–water partition coefficient (Wildman–Crippen LogP) is 9.00. The van der Waals surface area contributed by atoms with Crippen LogP contribution in [0.5, 0.6) is 0 Å². The Balaban J connectivity index is 1.11. The molecule has 0 bridgehead atoms. The Morgan fingerprint density at radius 1 is 0.765 bits per heavy atom. The lowest BCUT2D eigenvalue weighted by Crippen LogP contribution is -2.47. The molecule has 4 aromatic rings. The van der Waals surface area contributed by atoms with Crippen LogP contribution in [0.2, 0.25) is 0 Å². The molecule has 6 nitrogen and oxygen atoms in total. The van der Waals surface area contributed by atoms with Crippen molar-refractivity contribution in [1.29, 1.82) is 0 Å². The van der Waals surface area contributed by atoms with Gasteiger partial charge in [0.05, 0.1) is 6.04 Å². The summed E-state index contributed by atoms with van der Waals surface area (Å²) in [5, 5.41) is 0. The molecule has 2 saturated heterocycles. The third-order valence-corrected chi connectivity index (χ3v) is 12.0. The quantitative estimate of drug-likeness (QED) is 0.148. The minimum Gasteiger partial charge on any atom is -0.423 e. The number of rotatable bonds is 12. The fourth-order valence-corrected chi connectivity index (χ4v) is 9.06. The van der Waals surface area contributed by atoms with Crippen molar-refractivity contribution in [2.24, 2.45) is 17.8 Å². The number of hydrogen-bond donors (Lipinski definition) is 0. The van der Waals surface area contributed by atoms with E-state index in [1.165, 1.54) is 55.2 Å². The molecule has 1 aliphatic carbocycles. The van der Waals surface area contributed by atoms with E-state index in [0.717, 1.165) is 82.0 Å². The highest BCUT2D eigenvalue weighted by Crippen LogP contribution is 2.43. The second-order valence-corrected chi connectivity index (χ2v) is 15.9. The fraction of sp³-hybridized carbons (Fsp3) is 0.523. The monoisotopic (exact) mass is 691 g/mol. The van der Waals surface area contributed by atoms with Gasteiger partial charge in [0.25, 0.3) is 0 Å². The number of hydrogen-bond acceptors (Lipinski definition) is 6. The average Bonchev–Trinajstić information content (AvgIpc) is 3.56. The van der Waals surface area contributed by atoms with Gasteiger partial charge in [0.15, 0.2) is 0 Å². The molecule has 1 saturated carbocycles. The fourth-order valence-electron chi connectivity index (χ4n) is 9.06. The molecule has 0 radical (unpaired) electrons. The summed E-state index contributed by atoms with van der Waals surface area (Å²) in [5.41, 5.74) is 4.98. The molecular formula is C44H58FN5O. The first-order valence-electron chi connectivity index (χ1n) is 19.6. The van der Waals surface area contributed by atoms with E-state index in [1.54, 1.807) is 12.1 Å². The summed E-state index contributed by atoms with van der Waals surface area (Å²) in [6.07, 6.45) is 9.05. The maximum absolute atomic E-state index is 13.8. The first-order valence-corrected chi connectivity index (χ1v) is 19.6. The van der Waals surface area contributed by atoms with Crippen molar-refractivity contribution < 1.29 is 8.81 Å². The van der Waals surface area contributed by atoms with E-state index in [0.29, 0.717) is 17.9 Å². The first-order chi connectivity index (χ1) is 24.9. The maximum Gasteiger partial charge on any atom is 0.219 e. The molecule has 2 aliphatic heterocycles. The lowest BCUT2D eigenvalue weighted by atomic mass is 9.74. The minimum atomic E-state index is -0.164. The van der Waals surface area contributed by atoms with Crippen LogP contribution in [0.15, 0.2) is 89.3 Å². The summed E-state index contributed by atoms with van der Waals surface area (Å²) in [5.74, 6) is 3.70. The summed E-state index contributed by atoms with van der Waals surface area (Å²) >= 11 is 0. The molecule has 51 heavy (non-hydrogen) atoms. The number of halogens is 1. The van der Waals surface area contributed by atoms with E-state index < -0.39 is 0 Å². The molecule has 3 aromatic carbocycles. The molecule has 7 rings (SSSR count). The zero-order valence-corrected chi connectivity index (χ0v) is 31.1. The van der Waals surface area contributed by atoms with Gasteiger partial charge in [-0.3, -0.25) is 9.80 Å². The lowest BCUT2D eigenvalue weighted by Gasteiger charge is -2.41. The molecule has 0 N–H and O–H groups in total. The number of nitrogens with zero attached hydrogens (tertiary/aromatic N) is 5. The standard InChI is InChI=1S/C44H58FN5O/c1-33-22-24-50(25-23-33)44-40(30-34-10-6-4-7-11-34)46-43(51-44)41(49-28-26-48(27-29-49)32-36-12-8-5-9-13-36)31-35-14-16-37(17-15-35)42(47(2)3)38-18-20-39(45)21-19-38/h4-13,18-21,33,35,37,41-42H,14-17,22-32H2,1-3H3. The molecular weight excluding hydrogens is 634 g/mol. The molecule has 0 amide bonds. The number of aromatic nitrogens is 1. The minimum absolute atomic E-state index is 0.164. The largest absolute Gasteiger partial charge is 0.423 e. The number of benzene rings is 3. The Kier molecular flexibility index (Phi) is 11.9. The van der Waals surface area contributed by atoms with Crippen LogP contribution in [-0.4, -0.2) is 73.0 Å². The van der Waals surface area contributed by atoms with Crippen molar-refractivity contribution in [2.45, 2.75) is 76.9 Å². The van der Waals surface area contributed by atoms with Gasteiger partial charge in [0.2, 0.25) is 11.8 Å². The summed E-state index contributed by atoms with van der Waals surface area (Å²) < 4.78 is 20.8. The molecule has 1 aromatic heterocycles. The SMILES string of the molecule is CC1CCN(c2oc(C(CC3CCC(C(c4ccc(F)cc4)N(C)C)CC3)N3CCN(Cc4ccccc4)CC3)nc2Cc2ccccc2)CC1. The van der Waals surface area contributed by atoms with Crippen LogP contribution in [0.1, 0.15) is 92.2 Å². The smallest absolute Gasteiger partial charge is 0.219 e. The molecule has 3 aliphatic rings. The Bertz CT molecular complexity index is 1620. The predicted molar refractivity (Wildman–Crippen MR) is 205 cm³/mol. The van der Waals surface area contributed by atoms with Crippen molar-refractivity contribution in [3.05, 3.63) is 119 Å². The van der Waals surface area contributed by atoms with E-state index in [2.05, 4.69) is 101 Å². The van der Waals surface area contributed by atoms with Crippen LogP contribution in [0.25, 0.3) is 0 Å². The molecule has 2 atom stereocenters. The van der Waals surface area contributed by atoms with Gasteiger partial charge < -0.3 is 14.2 Å². The Morgan fingerprint density at radius 2 is 1.39 bits per heavy atom. The number of oxazole rings is 1.